The topological polar surface area (TPSA) is 62.2 Å². The molecular weight excluding hydrogens is 476 g/mol. The molecule has 1 amide bonds. The van der Waals surface area contributed by atoms with Crippen LogP contribution in [-0.4, -0.2) is 66.9 Å². The van der Waals surface area contributed by atoms with E-state index in [1.54, 1.807) is 0 Å². The molecule has 2 fully saturated rings. The molecule has 3 aromatic rings. The van der Waals surface area contributed by atoms with Gasteiger partial charge in [0, 0.05) is 37.4 Å². The summed E-state index contributed by atoms with van der Waals surface area (Å²) in [5.41, 5.74) is 4.82. The number of rotatable bonds is 7. The minimum Gasteiger partial charge on any atom is -0.492 e. The molecule has 2 atom stereocenters. The summed E-state index contributed by atoms with van der Waals surface area (Å²) < 4.78 is 11.8. The second kappa shape index (κ2) is 10.1. The van der Waals surface area contributed by atoms with Crippen molar-refractivity contribution in [1.82, 2.24) is 9.80 Å². The van der Waals surface area contributed by atoms with Gasteiger partial charge in [0.25, 0.3) is 0 Å². The molecule has 3 aromatic carbocycles. The van der Waals surface area contributed by atoms with Crippen molar-refractivity contribution in [2.75, 3.05) is 33.9 Å². The van der Waals surface area contributed by atoms with Crippen molar-refractivity contribution < 1.29 is 19.4 Å². The van der Waals surface area contributed by atoms with Crippen LogP contribution in [0.25, 0.3) is 11.1 Å². The van der Waals surface area contributed by atoms with Gasteiger partial charge in [0.15, 0.2) is 0 Å². The highest BCUT2D eigenvalue weighted by atomic mass is 16.6. The summed E-state index contributed by atoms with van der Waals surface area (Å²) in [6, 6.07) is 24.5. The van der Waals surface area contributed by atoms with Crippen molar-refractivity contribution >= 4 is 6.09 Å². The Kier molecular flexibility index (Phi) is 6.62. The molecule has 38 heavy (non-hydrogen) atoms. The lowest BCUT2D eigenvalue weighted by molar-refractivity contribution is -0.0531. The smallest absolute Gasteiger partial charge is 0.410 e. The zero-order chi connectivity index (χ0) is 26.3. The molecule has 2 bridgehead atoms. The first-order valence-electron chi connectivity index (χ1n) is 13.7. The van der Waals surface area contributed by atoms with Crippen molar-refractivity contribution in [1.29, 1.82) is 0 Å². The third-order valence-corrected chi connectivity index (χ3v) is 8.51. The summed E-state index contributed by atoms with van der Waals surface area (Å²) in [6.45, 7) is 1.79. The number of benzene rings is 3. The fraction of sp³-hybridized carbons (Fsp3) is 0.406. The van der Waals surface area contributed by atoms with Gasteiger partial charge < -0.3 is 24.4 Å². The molecule has 2 heterocycles. The van der Waals surface area contributed by atoms with Crippen molar-refractivity contribution in [3.8, 4) is 16.9 Å². The number of likely N-dealkylation sites (N-methyl/N-ethyl adjacent to an activating group) is 1. The summed E-state index contributed by atoms with van der Waals surface area (Å²) >= 11 is 0. The average Bonchev–Trinajstić information content (AvgIpc) is 3.39. The van der Waals surface area contributed by atoms with E-state index in [0.29, 0.717) is 26.1 Å². The molecule has 2 saturated heterocycles. The highest BCUT2D eigenvalue weighted by molar-refractivity contribution is 5.79. The molecule has 0 saturated carbocycles. The van der Waals surface area contributed by atoms with E-state index < -0.39 is 5.60 Å². The molecule has 6 nitrogen and oxygen atoms in total. The number of aliphatic hydroxyl groups is 1. The van der Waals surface area contributed by atoms with Crippen LogP contribution >= 0.6 is 0 Å². The van der Waals surface area contributed by atoms with Gasteiger partial charge in [-0.05, 0) is 66.9 Å². The predicted molar refractivity (Wildman–Crippen MR) is 147 cm³/mol. The van der Waals surface area contributed by atoms with E-state index in [-0.39, 0.29) is 24.1 Å². The Morgan fingerprint density at radius 3 is 2.08 bits per heavy atom. The van der Waals surface area contributed by atoms with E-state index in [0.717, 1.165) is 30.7 Å². The van der Waals surface area contributed by atoms with E-state index in [1.165, 1.54) is 22.3 Å². The summed E-state index contributed by atoms with van der Waals surface area (Å²) in [6.07, 6.45) is 2.57. The lowest BCUT2D eigenvalue weighted by Crippen LogP contribution is -2.52. The van der Waals surface area contributed by atoms with E-state index in [1.807, 2.05) is 55.4 Å². The maximum Gasteiger partial charge on any atom is 0.410 e. The lowest BCUT2D eigenvalue weighted by atomic mass is 9.80. The van der Waals surface area contributed by atoms with Crippen LogP contribution in [0.2, 0.25) is 0 Å². The summed E-state index contributed by atoms with van der Waals surface area (Å²) in [5.74, 6) is 0.849. The molecule has 2 aliphatic heterocycles. The monoisotopic (exact) mass is 512 g/mol. The molecule has 198 valence electrons. The van der Waals surface area contributed by atoms with Gasteiger partial charge in [-0.3, -0.25) is 0 Å². The average molecular weight is 513 g/mol. The highest BCUT2D eigenvalue weighted by Crippen LogP contribution is 2.47. The Balaban J connectivity index is 1.11. The minimum atomic E-state index is -0.950. The van der Waals surface area contributed by atoms with Gasteiger partial charge in [0.1, 0.15) is 19.0 Å². The van der Waals surface area contributed by atoms with Crippen LogP contribution in [0.15, 0.2) is 72.8 Å². The van der Waals surface area contributed by atoms with Gasteiger partial charge in [0.05, 0.1) is 5.60 Å². The molecule has 0 aromatic heterocycles. The molecule has 1 aliphatic carbocycles. The largest absolute Gasteiger partial charge is 0.492 e. The Labute approximate surface area is 224 Å². The molecule has 0 radical (unpaired) electrons. The van der Waals surface area contributed by atoms with Crippen molar-refractivity contribution in [2.24, 2.45) is 0 Å². The molecular formula is C32H36N2O4. The maximum atomic E-state index is 13.4. The van der Waals surface area contributed by atoms with Crippen LogP contribution in [0.4, 0.5) is 4.79 Å². The van der Waals surface area contributed by atoms with Gasteiger partial charge in [-0.15, -0.1) is 0 Å². The molecule has 2 unspecified atom stereocenters. The van der Waals surface area contributed by atoms with Crippen molar-refractivity contribution in [3.05, 3.63) is 89.5 Å². The molecule has 1 N–H and O–H groups in total. The van der Waals surface area contributed by atoms with Gasteiger partial charge in [-0.25, -0.2) is 4.79 Å². The van der Waals surface area contributed by atoms with E-state index in [9.17, 15) is 9.90 Å². The van der Waals surface area contributed by atoms with Crippen LogP contribution in [-0.2, 0) is 10.3 Å². The third-order valence-electron chi connectivity index (χ3n) is 8.51. The number of ether oxygens (including phenoxy) is 2. The van der Waals surface area contributed by atoms with Crippen LogP contribution in [0.3, 0.4) is 0 Å². The highest BCUT2D eigenvalue weighted by Gasteiger charge is 2.50. The lowest BCUT2D eigenvalue weighted by Gasteiger charge is -2.43. The Hall–Kier alpha value is -3.35. The number of piperidine rings is 1. The maximum absolute atomic E-state index is 13.4. The number of hydrogen-bond acceptors (Lipinski definition) is 5. The Morgan fingerprint density at radius 1 is 0.921 bits per heavy atom. The Bertz CT molecular complexity index is 1250. The second-order valence-electron chi connectivity index (χ2n) is 11.2. The number of carbonyl (C=O) groups is 1. The zero-order valence-corrected chi connectivity index (χ0v) is 22.2. The zero-order valence-electron chi connectivity index (χ0n) is 22.2. The standard InChI is InChI=1S/C32H36N2O4/c1-33(2)17-18-37-25-15-11-22(12-16-25)32(36)19-23-13-14-24(20-32)34(23)31(35)38-21-30-28-9-5-3-7-26(28)27-8-4-6-10-29(27)30/h3-12,15-16,23-24,30,36H,13-14,17-21H2,1-2H3. The van der Waals surface area contributed by atoms with Crippen LogP contribution in [0.1, 0.15) is 48.3 Å². The molecule has 6 rings (SSSR count). The molecule has 6 heteroatoms. The van der Waals surface area contributed by atoms with E-state index >= 15 is 0 Å². The fourth-order valence-electron chi connectivity index (χ4n) is 6.63. The summed E-state index contributed by atoms with van der Waals surface area (Å²) in [4.78, 5) is 17.4. The van der Waals surface area contributed by atoms with Crippen LogP contribution in [0.5, 0.6) is 5.75 Å². The SMILES string of the molecule is CN(C)CCOc1ccc(C2(O)CC3CCC(C2)N3C(=O)OCC2c3ccccc3-c3ccccc32)cc1. The first-order valence-corrected chi connectivity index (χ1v) is 13.7. The van der Waals surface area contributed by atoms with Crippen molar-refractivity contribution in [3.63, 3.8) is 0 Å². The van der Waals surface area contributed by atoms with Gasteiger partial charge in [0.2, 0.25) is 0 Å². The number of hydrogen-bond donors (Lipinski definition) is 1. The van der Waals surface area contributed by atoms with Crippen molar-refractivity contribution in [2.45, 2.75) is 49.3 Å². The van der Waals surface area contributed by atoms with Crippen LogP contribution < -0.4 is 4.74 Å². The number of carbonyl (C=O) groups excluding carboxylic acids is 1. The Morgan fingerprint density at radius 2 is 1.50 bits per heavy atom. The first kappa shape index (κ1) is 25.0. The van der Waals surface area contributed by atoms with E-state index in [4.69, 9.17) is 9.47 Å². The van der Waals surface area contributed by atoms with Gasteiger partial charge in [-0.2, -0.15) is 0 Å². The first-order chi connectivity index (χ1) is 18.4. The van der Waals surface area contributed by atoms with Gasteiger partial charge in [-0.1, -0.05) is 60.7 Å². The quantitative estimate of drug-likeness (QED) is 0.460. The van der Waals surface area contributed by atoms with E-state index in [2.05, 4.69) is 41.3 Å². The minimum absolute atomic E-state index is 0.0228. The number of nitrogens with zero attached hydrogens (tertiary/aromatic N) is 2. The predicted octanol–water partition coefficient (Wildman–Crippen LogP) is 5.39. The third kappa shape index (κ3) is 4.56. The normalized spacial score (nSPS) is 23.8. The number of amides is 1. The fourth-order valence-corrected chi connectivity index (χ4v) is 6.63. The van der Waals surface area contributed by atoms with Crippen LogP contribution in [0, 0.1) is 0 Å². The summed E-state index contributed by atoms with van der Waals surface area (Å²) in [7, 11) is 4.04. The molecule has 0 spiro atoms. The number of fused-ring (bicyclic) bond motifs is 5. The molecule has 3 aliphatic rings. The summed E-state index contributed by atoms with van der Waals surface area (Å²) in [5, 5.41) is 11.7. The van der Waals surface area contributed by atoms with Gasteiger partial charge >= 0.3 is 6.09 Å². The second-order valence-corrected chi connectivity index (χ2v) is 11.2.